The van der Waals surface area contributed by atoms with Crippen molar-refractivity contribution in [2.24, 2.45) is 0 Å². The van der Waals surface area contributed by atoms with Crippen molar-refractivity contribution in [3.05, 3.63) is 71.8 Å². The van der Waals surface area contributed by atoms with Gasteiger partial charge in [0.1, 0.15) is 6.10 Å². The lowest BCUT2D eigenvalue weighted by molar-refractivity contribution is -0.186. The maximum atomic E-state index is 12.6. The molecule has 152 valence electrons. The molecule has 0 aromatic heterocycles. The van der Waals surface area contributed by atoms with Crippen LogP contribution in [0.15, 0.2) is 60.7 Å². The second kappa shape index (κ2) is 9.34. The van der Waals surface area contributed by atoms with Gasteiger partial charge in [-0.15, -0.1) is 0 Å². The minimum absolute atomic E-state index is 0.321. The molecule has 0 radical (unpaired) electrons. The molecule has 1 saturated heterocycles. The van der Waals surface area contributed by atoms with E-state index in [1.165, 1.54) is 6.92 Å². The van der Waals surface area contributed by atoms with Gasteiger partial charge in [-0.2, -0.15) is 0 Å². The summed E-state index contributed by atoms with van der Waals surface area (Å²) in [7, 11) is 0. The molecule has 0 N–H and O–H groups in total. The predicted molar refractivity (Wildman–Crippen MR) is 102 cm³/mol. The monoisotopic (exact) mass is 398 g/mol. The smallest absolute Gasteiger partial charge is 0.338 e. The number of esters is 3. The highest BCUT2D eigenvalue weighted by Crippen LogP contribution is 2.31. The number of carbonyl (C=O) groups excluding carboxylic acids is 3. The molecular formula is C22H22O7. The number of rotatable bonds is 6. The summed E-state index contributed by atoms with van der Waals surface area (Å²) in [6, 6.07) is 16.8. The van der Waals surface area contributed by atoms with Crippen LogP contribution in [0.25, 0.3) is 0 Å². The zero-order valence-electron chi connectivity index (χ0n) is 16.1. The quantitative estimate of drug-likeness (QED) is 0.546. The molecule has 7 heteroatoms. The van der Waals surface area contributed by atoms with Crippen LogP contribution in [0.5, 0.6) is 0 Å². The van der Waals surface area contributed by atoms with Crippen LogP contribution in [0.1, 0.15) is 41.0 Å². The third kappa shape index (κ3) is 5.00. The van der Waals surface area contributed by atoms with Crippen LogP contribution in [0.4, 0.5) is 0 Å². The molecule has 29 heavy (non-hydrogen) atoms. The minimum atomic E-state index is -1.17. The molecule has 2 aromatic carbocycles. The van der Waals surface area contributed by atoms with Crippen LogP contribution in [0.2, 0.25) is 0 Å². The van der Waals surface area contributed by atoms with Gasteiger partial charge in [0.25, 0.3) is 0 Å². The Kier molecular flexibility index (Phi) is 6.61. The molecule has 4 atom stereocenters. The summed E-state index contributed by atoms with van der Waals surface area (Å²) >= 11 is 0. The molecule has 0 aliphatic carbocycles. The molecule has 0 amide bonds. The van der Waals surface area contributed by atoms with Crippen LogP contribution >= 0.6 is 0 Å². The molecule has 0 spiro atoms. The van der Waals surface area contributed by atoms with Gasteiger partial charge >= 0.3 is 17.9 Å². The number of carbonyl (C=O) groups is 3. The van der Waals surface area contributed by atoms with E-state index in [0.717, 1.165) is 0 Å². The molecule has 0 saturated carbocycles. The molecule has 1 aliphatic rings. The van der Waals surface area contributed by atoms with Crippen molar-refractivity contribution >= 4 is 17.9 Å². The third-order valence-electron chi connectivity index (χ3n) is 4.46. The largest absolute Gasteiger partial charge is 0.452 e. The molecule has 0 bridgehead atoms. The van der Waals surface area contributed by atoms with Crippen molar-refractivity contribution in [2.45, 2.75) is 44.9 Å². The predicted octanol–water partition coefficient (Wildman–Crippen LogP) is 3.14. The summed E-state index contributed by atoms with van der Waals surface area (Å²) in [5.41, 5.74) is 0.675. The van der Waals surface area contributed by atoms with E-state index in [0.29, 0.717) is 17.5 Å². The van der Waals surface area contributed by atoms with Crippen molar-refractivity contribution in [2.75, 3.05) is 0 Å². The Hall–Kier alpha value is -3.19. The Morgan fingerprint density at radius 1 is 0.793 bits per heavy atom. The first kappa shape index (κ1) is 20.5. The fraction of sp³-hybridized carbons (Fsp3) is 0.318. The van der Waals surface area contributed by atoms with Gasteiger partial charge in [0, 0.05) is 6.92 Å². The lowest BCUT2D eigenvalue weighted by atomic mass is 10.1. The third-order valence-corrected chi connectivity index (χ3v) is 4.46. The molecule has 7 nitrogen and oxygen atoms in total. The maximum absolute atomic E-state index is 12.6. The van der Waals surface area contributed by atoms with Gasteiger partial charge in [-0.25, -0.2) is 9.59 Å². The van der Waals surface area contributed by atoms with Gasteiger partial charge in [0.2, 0.25) is 12.4 Å². The lowest BCUT2D eigenvalue weighted by Gasteiger charge is -2.23. The van der Waals surface area contributed by atoms with Crippen molar-refractivity contribution in [3.8, 4) is 0 Å². The van der Waals surface area contributed by atoms with E-state index in [9.17, 15) is 14.4 Å². The summed E-state index contributed by atoms with van der Waals surface area (Å²) in [5, 5.41) is 0. The minimum Gasteiger partial charge on any atom is -0.452 e. The first-order valence-corrected chi connectivity index (χ1v) is 9.34. The van der Waals surface area contributed by atoms with Crippen molar-refractivity contribution in [3.63, 3.8) is 0 Å². The fourth-order valence-corrected chi connectivity index (χ4v) is 3.08. The average Bonchev–Trinajstić information content (AvgIpc) is 3.04. The first-order valence-electron chi connectivity index (χ1n) is 9.34. The number of hydrogen-bond acceptors (Lipinski definition) is 7. The number of hydrogen-bond donors (Lipinski definition) is 0. The highest BCUT2D eigenvalue weighted by atomic mass is 16.7. The van der Waals surface area contributed by atoms with E-state index in [2.05, 4.69) is 0 Å². The molecule has 2 aromatic rings. The molecule has 1 fully saturated rings. The van der Waals surface area contributed by atoms with E-state index in [1.807, 2.05) is 6.92 Å². The van der Waals surface area contributed by atoms with E-state index in [-0.39, 0.29) is 0 Å². The van der Waals surface area contributed by atoms with Crippen LogP contribution < -0.4 is 0 Å². The number of ether oxygens (including phenoxy) is 4. The summed E-state index contributed by atoms with van der Waals surface area (Å²) in [6.07, 6.45) is -3.32. The topological polar surface area (TPSA) is 88.1 Å². The highest BCUT2D eigenvalue weighted by Gasteiger charge is 2.50. The van der Waals surface area contributed by atoms with Gasteiger partial charge in [-0.1, -0.05) is 43.3 Å². The summed E-state index contributed by atoms with van der Waals surface area (Å²) in [6.45, 7) is 3.06. The summed E-state index contributed by atoms with van der Waals surface area (Å²) in [5.74, 6) is -1.81. The second-order valence-electron chi connectivity index (χ2n) is 6.53. The first-order chi connectivity index (χ1) is 14.0. The molecule has 3 rings (SSSR count). The van der Waals surface area contributed by atoms with Crippen molar-refractivity contribution < 1.29 is 33.3 Å². The average molecular weight is 398 g/mol. The summed E-state index contributed by atoms with van der Waals surface area (Å²) < 4.78 is 22.1. The Morgan fingerprint density at radius 2 is 1.28 bits per heavy atom. The Labute approximate surface area is 168 Å². The van der Waals surface area contributed by atoms with E-state index in [1.54, 1.807) is 60.7 Å². The van der Waals surface area contributed by atoms with Crippen LogP contribution in [0, 0.1) is 0 Å². The summed E-state index contributed by atoms with van der Waals surface area (Å²) in [4.78, 5) is 36.6. The van der Waals surface area contributed by atoms with Crippen molar-refractivity contribution in [1.29, 1.82) is 0 Å². The van der Waals surface area contributed by atoms with Crippen LogP contribution in [0.3, 0.4) is 0 Å². The Bertz CT molecular complexity index is 850. The molecule has 1 aliphatic heterocycles. The van der Waals surface area contributed by atoms with Crippen LogP contribution in [-0.2, 0) is 23.7 Å². The van der Waals surface area contributed by atoms with Crippen LogP contribution in [-0.4, -0.2) is 42.5 Å². The molecule has 1 heterocycles. The lowest BCUT2D eigenvalue weighted by Crippen LogP contribution is -2.41. The second-order valence-corrected chi connectivity index (χ2v) is 6.53. The fourth-order valence-electron chi connectivity index (χ4n) is 3.08. The zero-order chi connectivity index (χ0) is 20.8. The molecule has 1 unspecified atom stereocenters. The zero-order valence-corrected chi connectivity index (χ0v) is 16.1. The normalized spacial score (nSPS) is 23.2. The van der Waals surface area contributed by atoms with Gasteiger partial charge in [-0.3, -0.25) is 4.79 Å². The molecular weight excluding hydrogens is 376 g/mol. The Morgan fingerprint density at radius 3 is 1.72 bits per heavy atom. The highest BCUT2D eigenvalue weighted by molar-refractivity contribution is 5.90. The van der Waals surface area contributed by atoms with Gasteiger partial charge in [-0.05, 0) is 30.7 Å². The van der Waals surface area contributed by atoms with E-state index < -0.39 is 42.5 Å². The standard InChI is InChI=1S/C22H22O7/c1-3-17-18(28-20(24)15-10-6-4-7-11-15)19(22(27-17)26-14(2)23)29-21(25)16-12-8-5-9-13-16/h4-13,17-19,22H,3H2,1-2H3/t17-,18-,19-,22?/m1/s1. The SMILES string of the molecule is CC[C@H]1OC(OC(C)=O)[C@H](OC(=O)c2ccccc2)[C@@H]1OC(=O)c1ccccc1. The van der Waals surface area contributed by atoms with Gasteiger partial charge in [0.15, 0.2) is 6.10 Å². The maximum Gasteiger partial charge on any atom is 0.338 e. The van der Waals surface area contributed by atoms with Crippen molar-refractivity contribution in [1.82, 2.24) is 0 Å². The Balaban J connectivity index is 1.83. The van der Waals surface area contributed by atoms with Gasteiger partial charge < -0.3 is 18.9 Å². The van der Waals surface area contributed by atoms with Gasteiger partial charge in [0.05, 0.1) is 11.1 Å². The van der Waals surface area contributed by atoms with E-state index >= 15 is 0 Å². The van der Waals surface area contributed by atoms with E-state index in [4.69, 9.17) is 18.9 Å². The number of benzene rings is 2.